The van der Waals surface area contributed by atoms with E-state index in [1.807, 2.05) is 0 Å². The lowest BCUT2D eigenvalue weighted by Gasteiger charge is -2.28. The molecule has 0 aliphatic carbocycles. The van der Waals surface area contributed by atoms with E-state index in [4.69, 9.17) is 5.73 Å². The summed E-state index contributed by atoms with van der Waals surface area (Å²) < 4.78 is 0. The van der Waals surface area contributed by atoms with Gasteiger partial charge in [0.2, 0.25) is 0 Å². The maximum Gasteiger partial charge on any atom is 0.251 e. The highest BCUT2D eigenvalue weighted by Gasteiger charge is 2.16. The van der Waals surface area contributed by atoms with Crippen molar-refractivity contribution < 1.29 is 4.79 Å². The van der Waals surface area contributed by atoms with Gasteiger partial charge in [0.15, 0.2) is 0 Å². The molecule has 0 saturated carbocycles. The molecule has 1 aromatic carbocycles. The summed E-state index contributed by atoms with van der Waals surface area (Å²) >= 11 is 0. The number of carbonyl (C=O) groups excluding carboxylic acids is 1. The van der Waals surface area contributed by atoms with Crippen LogP contribution in [0.5, 0.6) is 0 Å². The number of likely N-dealkylation sites (tertiary alicyclic amines) is 1. The lowest BCUT2D eigenvalue weighted by atomic mass is 9.94. The smallest absolute Gasteiger partial charge is 0.251 e. The SMILES string of the molecule is CN1CCC(CCNC(=O)c2cccc(N)c2)CC1.Cl.Cl. The van der Waals surface area contributed by atoms with Crippen LogP contribution < -0.4 is 11.1 Å². The molecule has 1 amide bonds. The Hall–Kier alpha value is -0.970. The van der Waals surface area contributed by atoms with Gasteiger partial charge >= 0.3 is 0 Å². The van der Waals surface area contributed by atoms with Crippen molar-refractivity contribution in [3.8, 4) is 0 Å². The molecule has 0 unspecified atom stereocenters. The maximum atomic E-state index is 11.9. The quantitative estimate of drug-likeness (QED) is 0.832. The molecule has 3 N–H and O–H groups in total. The Morgan fingerprint density at radius 3 is 2.62 bits per heavy atom. The standard InChI is InChI=1S/C15H23N3O.2ClH/c1-18-9-6-12(7-10-18)5-8-17-15(19)13-3-2-4-14(16)11-13;;/h2-4,11-12H,5-10,16H2,1H3,(H,17,19);2*1H. The molecule has 0 radical (unpaired) electrons. The molecule has 2 rings (SSSR count). The number of nitrogen functional groups attached to an aromatic ring is 1. The van der Waals surface area contributed by atoms with Crippen molar-refractivity contribution in [3.05, 3.63) is 29.8 Å². The van der Waals surface area contributed by atoms with Crippen LogP contribution in [0.3, 0.4) is 0 Å². The Kier molecular flexibility index (Phi) is 9.42. The Bertz CT molecular complexity index is 435. The Morgan fingerprint density at radius 1 is 1.33 bits per heavy atom. The van der Waals surface area contributed by atoms with Gasteiger partial charge in [-0.2, -0.15) is 0 Å². The molecule has 1 aromatic rings. The fraction of sp³-hybridized carbons (Fsp3) is 0.533. The Balaban J connectivity index is 0.00000200. The molecule has 0 aromatic heterocycles. The van der Waals surface area contributed by atoms with Crippen LogP contribution >= 0.6 is 24.8 Å². The molecular weight excluding hydrogens is 309 g/mol. The van der Waals surface area contributed by atoms with Gasteiger partial charge in [0.1, 0.15) is 0 Å². The van der Waals surface area contributed by atoms with Gasteiger partial charge in [0.25, 0.3) is 5.91 Å². The van der Waals surface area contributed by atoms with Crippen molar-refractivity contribution in [2.45, 2.75) is 19.3 Å². The number of benzene rings is 1. The second-order valence-electron chi connectivity index (χ2n) is 5.42. The summed E-state index contributed by atoms with van der Waals surface area (Å²) in [5, 5.41) is 2.98. The van der Waals surface area contributed by atoms with Crippen molar-refractivity contribution in [2.75, 3.05) is 32.4 Å². The minimum absolute atomic E-state index is 0. The van der Waals surface area contributed by atoms with E-state index in [9.17, 15) is 4.79 Å². The van der Waals surface area contributed by atoms with Crippen molar-refractivity contribution in [1.82, 2.24) is 10.2 Å². The highest BCUT2D eigenvalue weighted by atomic mass is 35.5. The number of nitrogens with one attached hydrogen (secondary N) is 1. The number of rotatable bonds is 4. The van der Waals surface area contributed by atoms with E-state index >= 15 is 0 Å². The van der Waals surface area contributed by atoms with Gasteiger partial charge < -0.3 is 16.0 Å². The second-order valence-corrected chi connectivity index (χ2v) is 5.42. The average molecular weight is 334 g/mol. The van der Waals surface area contributed by atoms with Gasteiger partial charge in [-0.15, -0.1) is 24.8 Å². The monoisotopic (exact) mass is 333 g/mol. The van der Waals surface area contributed by atoms with Crippen molar-refractivity contribution in [1.29, 1.82) is 0 Å². The molecule has 1 saturated heterocycles. The fourth-order valence-corrected chi connectivity index (χ4v) is 2.52. The van der Waals surface area contributed by atoms with Crippen LogP contribution in [0, 0.1) is 5.92 Å². The summed E-state index contributed by atoms with van der Waals surface area (Å²) in [6, 6.07) is 7.10. The van der Waals surface area contributed by atoms with E-state index in [0.29, 0.717) is 11.3 Å². The van der Waals surface area contributed by atoms with E-state index in [0.717, 1.165) is 18.9 Å². The van der Waals surface area contributed by atoms with E-state index in [2.05, 4.69) is 17.3 Å². The van der Waals surface area contributed by atoms with E-state index in [1.54, 1.807) is 24.3 Å². The predicted octanol–water partition coefficient (Wildman–Crippen LogP) is 2.57. The van der Waals surface area contributed by atoms with Gasteiger partial charge in [0, 0.05) is 17.8 Å². The first-order valence-corrected chi connectivity index (χ1v) is 6.97. The summed E-state index contributed by atoms with van der Waals surface area (Å²) in [5.41, 5.74) is 6.94. The molecule has 1 fully saturated rings. The first kappa shape index (κ1) is 20.0. The fourth-order valence-electron chi connectivity index (χ4n) is 2.52. The van der Waals surface area contributed by atoms with Crippen molar-refractivity contribution >= 4 is 36.4 Å². The summed E-state index contributed by atoms with van der Waals surface area (Å²) in [4.78, 5) is 14.3. The van der Waals surface area contributed by atoms with Crippen molar-refractivity contribution in [3.63, 3.8) is 0 Å². The van der Waals surface area contributed by atoms with E-state index < -0.39 is 0 Å². The maximum absolute atomic E-state index is 11.9. The third kappa shape index (κ3) is 6.55. The number of hydrogen-bond acceptors (Lipinski definition) is 3. The summed E-state index contributed by atoms with van der Waals surface area (Å²) in [6.07, 6.45) is 3.55. The molecular formula is C15H25Cl2N3O. The van der Waals surface area contributed by atoms with Crippen LogP contribution in [0.25, 0.3) is 0 Å². The normalized spacial score (nSPS) is 15.7. The third-order valence-electron chi connectivity index (χ3n) is 3.83. The summed E-state index contributed by atoms with van der Waals surface area (Å²) in [6.45, 7) is 3.10. The number of hydrogen-bond donors (Lipinski definition) is 2. The number of halogens is 2. The molecule has 4 nitrogen and oxygen atoms in total. The minimum atomic E-state index is -0.0276. The largest absolute Gasteiger partial charge is 0.399 e. The van der Waals surface area contributed by atoms with E-state index in [1.165, 1.54) is 25.9 Å². The zero-order chi connectivity index (χ0) is 13.7. The number of carbonyl (C=O) groups is 1. The minimum Gasteiger partial charge on any atom is -0.399 e. The van der Waals surface area contributed by atoms with Crippen LogP contribution in [0.4, 0.5) is 5.69 Å². The van der Waals surface area contributed by atoms with Gasteiger partial charge in [-0.3, -0.25) is 4.79 Å². The van der Waals surface area contributed by atoms with Crippen molar-refractivity contribution in [2.24, 2.45) is 5.92 Å². The Labute approximate surface area is 139 Å². The third-order valence-corrected chi connectivity index (χ3v) is 3.83. The highest BCUT2D eigenvalue weighted by molar-refractivity contribution is 5.94. The lowest BCUT2D eigenvalue weighted by Crippen LogP contribution is -2.32. The topological polar surface area (TPSA) is 58.4 Å². The molecule has 1 heterocycles. The molecule has 1 aliphatic heterocycles. The predicted molar refractivity (Wildman–Crippen MR) is 92.5 cm³/mol. The summed E-state index contributed by atoms with van der Waals surface area (Å²) in [5.74, 6) is 0.720. The van der Waals surface area contributed by atoms with Crippen LogP contribution in [-0.4, -0.2) is 37.5 Å². The van der Waals surface area contributed by atoms with Gasteiger partial charge in [0.05, 0.1) is 0 Å². The molecule has 6 heteroatoms. The van der Waals surface area contributed by atoms with Gasteiger partial charge in [-0.25, -0.2) is 0 Å². The zero-order valence-corrected chi connectivity index (χ0v) is 14.0. The van der Waals surface area contributed by atoms with Gasteiger partial charge in [-0.05, 0) is 63.5 Å². The molecule has 0 atom stereocenters. The first-order valence-electron chi connectivity index (χ1n) is 6.97. The molecule has 0 spiro atoms. The zero-order valence-electron chi connectivity index (χ0n) is 12.4. The molecule has 120 valence electrons. The second kappa shape index (κ2) is 9.87. The van der Waals surface area contributed by atoms with Crippen LogP contribution in [0.2, 0.25) is 0 Å². The number of anilines is 1. The molecule has 0 bridgehead atoms. The number of nitrogens with two attached hydrogens (primary N) is 1. The van der Waals surface area contributed by atoms with Crippen LogP contribution in [-0.2, 0) is 0 Å². The van der Waals surface area contributed by atoms with Crippen LogP contribution in [0.15, 0.2) is 24.3 Å². The highest BCUT2D eigenvalue weighted by Crippen LogP contribution is 2.18. The van der Waals surface area contributed by atoms with Crippen LogP contribution in [0.1, 0.15) is 29.6 Å². The number of amides is 1. The molecule has 1 aliphatic rings. The first-order chi connectivity index (χ1) is 9.15. The van der Waals surface area contributed by atoms with Gasteiger partial charge in [-0.1, -0.05) is 6.07 Å². The number of piperidine rings is 1. The average Bonchev–Trinajstić information content (AvgIpc) is 2.41. The lowest BCUT2D eigenvalue weighted by molar-refractivity contribution is 0.0949. The number of nitrogens with zero attached hydrogens (tertiary/aromatic N) is 1. The molecule has 21 heavy (non-hydrogen) atoms. The summed E-state index contributed by atoms with van der Waals surface area (Å²) in [7, 11) is 2.16. The van der Waals surface area contributed by atoms with E-state index in [-0.39, 0.29) is 30.7 Å². The Morgan fingerprint density at radius 2 is 2.00 bits per heavy atom.